The lowest BCUT2D eigenvalue weighted by Gasteiger charge is -2.04. The average molecular weight is 389 g/mol. The van der Waals surface area contributed by atoms with Gasteiger partial charge in [0.05, 0.1) is 5.69 Å². The molecule has 148 valence electrons. The standard InChI is InChI=1S/C21H32N4OS/c1-2-3-4-5-6-7-8-9-10-11-15-18-20(26)27-21-22-23-24-25(21)19-16-13-12-14-17-19/h12-14,16-17H,2-11,15,18H2,1H3. The van der Waals surface area contributed by atoms with Gasteiger partial charge in [0.1, 0.15) is 0 Å². The van der Waals surface area contributed by atoms with Crippen LogP contribution in [0.25, 0.3) is 5.69 Å². The molecular weight excluding hydrogens is 356 g/mol. The predicted molar refractivity (Wildman–Crippen MR) is 111 cm³/mol. The first kappa shape index (κ1) is 21.6. The van der Waals surface area contributed by atoms with Crippen molar-refractivity contribution in [1.82, 2.24) is 20.2 Å². The van der Waals surface area contributed by atoms with Crippen LogP contribution in [0.1, 0.15) is 84.0 Å². The van der Waals surface area contributed by atoms with Crippen molar-refractivity contribution in [2.24, 2.45) is 0 Å². The highest BCUT2D eigenvalue weighted by Gasteiger charge is 2.13. The molecule has 1 heterocycles. The van der Waals surface area contributed by atoms with Gasteiger partial charge in [0.2, 0.25) is 5.16 Å². The molecule has 0 N–H and O–H groups in total. The molecule has 5 nitrogen and oxygen atoms in total. The summed E-state index contributed by atoms with van der Waals surface area (Å²) in [4.78, 5) is 12.2. The van der Waals surface area contributed by atoms with E-state index in [1.165, 1.54) is 57.8 Å². The van der Waals surface area contributed by atoms with Gasteiger partial charge in [-0.2, -0.15) is 4.68 Å². The van der Waals surface area contributed by atoms with Crippen LogP contribution < -0.4 is 0 Å². The zero-order valence-corrected chi connectivity index (χ0v) is 17.3. The summed E-state index contributed by atoms with van der Waals surface area (Å²) in [7, 11) is 0. The molecule has 6 heteroatoms. The molecule has 1 aromatic heterocycles. The fraction of sp³-hybridized carbons (Fsp3) is 0.619. The van der Waals surface area contributed by atoms with Gasteiger partial charge in [-0.1, -0.05) is 89.3 Å². The number of carbonyl (C=O) groups is 1. The molecule has 0 saturated heterocycles. The number of para-hydroxylation sites is 1. The molecule has 0 radical (unpaired) electrons. The summed E-state index contributed by atoms with van der Waals surface area (Å²) >= 11 is 1.14. The van der Waals surface area contributed by atoms with E-state index >= 15 is 0 Å². The largest absolute Gasteiger partial charge is 0.287 e. The second-order valence-corrected chi connectivity index (χ2v) is 7.99. The Bertz CT molecular complexity index is 645. The van der Waals surface area contributed by atoms with Crippen LogP contribution in [-0.2, 0) is 4.79 Å². The molecule has 0 spiro atoms. The number of benzene rings is 1. The summed E-state index contributed by atoms with van der Waals surface area (Å²) in [6, 6.07) is 9.65. The number of nitrogens with zero attached hydrogens (tertiary/aromatic N) is 4. The van der Waals surface area contributed by atoms with Gasteiger partial charge in [-0.05, 0) is 40.7 Å². The van der Waals surface area contributed by atoms with E-state index in [1.807, 2.05) is 30.3 Å². The van der Waals surface area contributed by atoms with Crippen LogP contribution >= 0.6 is 11.8 Å². The van der Waals surface area contributed by atoms with Gasteiger partial charge in [-0.15, -0.1) is 5.10 Å². The molecule has 0 aliphatic rings. The van der Waals surface area contributed by atoms with E-state index in [9.17, 15) is 4.79 Å². The summed E-state index contributed by atoms with van der Waals surface area (Å²) in [5.41, 5.74) is 0.868. The molecule has 27 heavy (non-hydrogen) atoms. The maximum atomic E-state index is 12.2. The Labute approximate surface area is 167 Å². The third-order valence-corrected chi connectivity index (χ3v) is 5.50. The summed E-state index contributed by atoms with van der Waals surface area (Å²) in [6.45, 7) is 2.26. The Morgan fingerprint density at radius 3 is 2.11 bits per heavy atom. The Morgan fingerprint density at radius 2 is 1.48 bits per heavy atom. The lowest BCUT2D eigenvalue weighted by atomic mass is 10.1. The molecule has 0 atom stereocenters. The smallest absolute Gasteiger partial charge is 0.221 e. The molecule has 0 amide bonds. The Morgan fingerprint density at radius 1 is 0.889 bits per heavy atom. The van der Waals surface area contributed by atoms with Crippen LogP contribution in [0.5, 0.6) is 0 Å². The normalized spacial score (nSPS) is 11.0. The number of hydrogen-bond donors (Lipinski definition) is 0. The monoisotopic (exact) mass is 388 g/mol. The second kappa shape index (κ2) is 13.5. The molecule has 0 aliphatic heterocycles. The van der Waals surface area contributed by atoms with Gasteiger partial charge in [0.15, 0.2) is 5.12 Å². The van der Waals surface area contributed by atoms with E-state index in [0.717, 1.165) is 30.3 Å². The third kappa shape index (κ3) is 8.69. The number of unbranched alkanes of at least 4 members (excludes halogenated alkanes) is 10. The molecule has 1 aromatic carbocycles. The van der Waals surface area contributed by atoms with Crippen molar-refractivity contribution >= 4 is 16.9 Å². The van der Waals surface area contributed by atoms with E-state index in [4.69, 9.17) is 0 Å². The van der Waals surface area contributed by atoms with Gasteiger partial charge in [0.25, 0.3) is 0 Å². The summed E-state index contributed by atoms with van der Waals surface area (Å²) in [6.07, 6.45) is 14.8. The first-order valence-electron chi connectivity index (χ1n) is 10.4. The number of aromatic nitrogens is 4. The van der Waals surface area contributed by atoms with Crippen molar-refractivity contribution in [3.05, 3.63) is 30.3 Å². The van der Waals surface area contributed by atoms with Gasteiger partial charge in [0, 0.05) is 6.42 Å². The van der Waals surface area contributed by atoms with Gasteiger partial charge >= 0.3 is 0 Å². The maximum Gasteiger partial charge on any atom is 0.221 e. The molecular formula is C21H32N4OS. The van der Waals surface area contributed by atoms with Crippen LogP contribution in [0.4, 0.5) is 0 Å². The Balaban J connectivity index is 1.54. The van der Waals surface area contributed by atoms with Crippen molar-refractivity contribution in [1.29, 1.82) is 0 Å². The second-order valence-electron chi connectivity index (χ2n) is 6.97. The summed E-state index contributed by atoms with van der Waals surface area (Å²) in [5, 5.41) is 12.3. The average Bonchev–Trinajstić information content (AvgIpc) is 3.15. The molecule has 2 rings (SSSR count). The number of carbonyl (C=O) groups excluding carboxylic acids is 1. The highest BCUT2D eigenvalue weighted by molar-refractivity contribution is 8.13. The number of tetrazole rings is 1. The molecule has 0 saturated carbocycles. The van der Waals surface area contributed by atoms with Crippen molar-refractivity contribution in [3.63, 3.8) is 0 Å². The zero-order chi connectivity index (χ0) is 19.2. The number of rotatable bonds is 14. The lowest BCUT2D eigenvalue weighted by molar-refractivity contribution is -0.111. The maximum absolute atomic E-state index is 12.2. The minimum atomic E-state index is 0.137. The Hall–Kier alpha value is -1.69. The SMILES string of the molecule is CCCCCCCCCCCCCC(=O)Sc1nnnn1-c1ccccc1. The highest BCUT2D eigenvalue weighted by Crippen LogP contribution is 2.21. The van der Waals surface area contributed by atoms with E-state index in [0.29, 0.717) is 11.6 Å². The van der Waals surface area contributed by atoms with Crippen LogP contribution in [-0.4, -0.2) is 25.3 Å². The van der Waals surface area contributed by atoms with Crippen molar-refractivity contribution in [2.45, 2.75) is 89.1 Å². The fourth-order valence-electron chi connectivity index (χ4n) is 3.06. The fourth-order valence-corrected chi connectivity index (χ4v) is 3.82. The van der Waals surface area contributed by atoms with Crippen LogP contribution in [0.15, 0.2) is 35.5 Å². The van der Waals surface area contributed by atoms with Crippen molar-refractivity contribution < 1.29 is 4.79 Å². The van der Waals surface area contributed by atoms with Gasteiger partial charge < -0.3 is 0 Å². The molecule has 0 bridgehead atoms. The van der Waals surface area contributed by atoms with Crippen molar-refractivity contribution in [3.8, 4) is 5.69 Å². The number of thioether (sulfide) groups is 1. The highest BCUT2D eigenvalue weighted by atomic mass is 32.2. The predicted octanol–water partition coefficient (Wildman–Crippen LogP) is 5.98. The van der Waals surface area contributed by atoms with Crippen LogP contribution in [0.3, 0.4) is 0 Å². The number of hydrogen-bond acceptors (Lipinski definition) is 5. The zero-order valence-electron chi connectivity index (χ0n) is 16.5. The first-order valence-corrected chi connectivity index (χ1v) is 11.2. The minimum Gasteiger partial charge on any atom is -0.287 e. The van der Waals surface area contributed by atoms with Crippen LogP contribution in [0, 0.1) is 0 Å². The lowest BCUT2D eigenvalue weighted by Crippen LogP contribution is -2.01. The summed E-state index contributed by atoms with van der Waals surface area (Å²) < 4.78 is 1.61. The Kier molecular flexibility index (Phi) is 10.8. The van der Waals surface area contributed by atoms with Gasteiger partial charge in [-0.25, -0.2) is 0 Å². The van der Waals surface area contributed by atoms with E-state index < -0.39 is 0 Å². The third-order valence-electron chi connectivity index (χ3n) is 4.63. The van der Waals surface area contributed by atoms with Crippen LogP contribution in [0.2, 0.25) is 0 Å². The molecule has 0 unspecified atom stereocenters. The van der Waals surface area contributed by atoms with E-state index in [-0.39, 0.29) is 5.12 Å². The summed E-state index contributed by atoms with van der Waals surface area (Å²) in [5.74, 6) is 0. The van der Waals surface area contributed by atoms with Crippen molar-refractivity contribution in [2.75, 3.05) is 0 Å². The topological polar surface area (TPSA) is 60.7 Å². The molecule has 2 aromatic rings. The minimum absolute atomic E-state index is 0.137. The van der Waals surface area contributed by atoms with Gasteiger partial charge in [-0.3, -0.25) is 4.79 Å². The molecule has 0 aliphatic carbocycles. The molecule has 0 fully saturated rings. The van der Waals surface area contributed by atoms with E-state index in [1.54, 1.807) is 4.68 Å². The van der Waals surface area contributed by atoms with E-state index in [2.05, 4.69) is 22.4 Å². The first-order chi connectivity index (χ1) is 13.3. The quantitative estimate of drug-likeness (QED) is 0.294.